The lowest BCUT2D eigenvalue weighted by molar-refractivity contribution is -0.144. The van der Waals surface area contributed by atoms with Crippen LogP contribution in [0.4, 0.5) is 0 Å². The Morgan fingerprint density at radius 2 is 1.53 bits per heavy atom. The zero-order valence-electron chi connectivity index (χ0n) is 20.2. The summed E-state index contributed by atoms with van der Waals surface area (Å²) in [4.78, 5) is 78.7. The van der Waals surface area contributed by atoms with Crippen molar-refractivity contribution >= 4 is 35.5 Å². The van der Waals surface area contributed by atoms with Crippen molar-refractivity contribution in [2.24, 2.45) is 23.1 Å². The summed E-state index contributed by atoms with van der Waals surface area (Å²) in [5, 5.41) is 16.5. The van der Waals surface area contributed by atoms with Crippen molar-refractivity contribution in [3.8, 4) is 0 Å². The van der Waals surface area contributed by atoms with Gasteiger partial charge < -0.3 is 43.2 Å². The van der Waals surface area contributed by atoms with Crippen LogP contribution in [0.1, 0.15) is 45.2 Å². The summed E-state index contributed by atoms with van der Waals surface area (Å²) in [6, 6.07) is -5.07. The normalized spacial score (nSPS) is 14.2. The summed E-state index contributed by atoms with van der Waals surface area (Å²) < 4.78 is 0. The van der Waals surface area contributed by atoms with Gasteiger partial charge in [-0.3, -0.25) is 24.0 Å². The Balaban J connectivity index is 3.05. The Labute approximate surface area is 207 Å². The fourth-order valence-electron chi connectivity index (χ4n) is 3.18. The van der Waals surface area contributed by atoms with Crippen LogP contribution in [0.25, 0.3) is 0 Å². The third kappa shape index (κ3) is 10.9. The number of hydrogen-bond donors (Lipinski definition) is 8. The fourth-order valence-corrected chi connectivity index (χ4v) is 3.18. The van der Waals surface area contributed by atoms with E-state index in [4.69, 9.17) is 17.2 Å². The maximum atomic E-state index is 13.1. The standard InChI is InChI=1S/C21H34N8O7/c1-10(2)5-13(19(33)29-15(21(35)36)7-17(24)31)28-20(34)14(6-11-8-25-9-26-11)27-18(32)12(22)3-4-16(23)30/h8-10,12-15H,3-7,22H2,1-2H3,(H2,23,30)(H2,24,31)(H,25,26)(H,27,32)(H,28,34)(H,29,33)(H,35,36). The molecular formula is C21H34N8O7. The van der Waals surface area contributed by atoms with Gasteiger partial charge in [-0.15, -0.1) is 0 Å². The van der Waals surface area contributed by atoms with Crippen molar-refractivity contribution in [2.75, 3.05) is 0 Å². The minimum atomic E-state index is -1.58. The topological polar surface area (TPSA) is 265 Å². The number of hydrogen-bond acceptors (Lipinski definition) is 8. The van der Waals surface area contributed by atoms with Crippen molar-refractivity contribution in [3.63, 3.8) is 0 Å². The zero-order chi connectivity index (χ0) is 27.4. The first-order valence-corrected chi connectivity index (χ1v) is 11.2. The van der Waals surface area contributed by atoms with E-state index in [2.05, 4.69) is 25.9 Å². The van der Waals surface area contributed by atoms with E-state index in [1.165, 1.54) is 12.5 Å². The molecule has 1 aromatic heterocycles. The summed E-state index contributed by atoms with van der Waals surface area (Å²) >= 11 is 0. The highest BCUT2D eigenvalue weighted by Gasteiger charge is 2.31. The highest BCUT2D eigenvalue weighted by molar-refractivity contribution is 5.95. The van der Waals surface area contributed by atoms with Gasteiger partial charge in [0.05, 0.1) is 18.8 Å². The number of nitrogens with one attached hydrogen (secondary N) is 4. The molecule has 0 aliphatic carbocycles. The molecule has 0 bridgehead atoms. The van der Waals surface area contributed by atoms with Crippen LogP contribution in [0.2, 0.25) is 0 Å². The monoisotopic (exact) mass is 510 g/mol. The van der Waals surface area contributed by atoms with Crippen molar-refractivity contribution in [2.45, 2.75) is 70.1 Å². The van der Waals surface area contributed by atoms with E-state index < -0.39 is 66.1 Å². The number of nitrogens with zero attached hydrogens (tertiary/aromatic N) is 1. The number of imidazole rings is 1. The predicted octanol–water partition coefficient (Wildman–Crippen LogP) is -2.99. The molecule has 0 saturated heterocycles. The molecule has 0 aliphatic heterocycles. The lowest BCUT2D eigenvalue weighted by Crippen LogP contribution is -2.58. The van der Waals surface area contributed by atoms with Gasteiger partial charge in [-0.05, 0) is 18.8 Å². The van der Waals surface area contributed by atoms with Gasteiger partial charge in [-0.1, -0.05) is 13.8 Å². The van der Waals surface area contributed by atoms with Crippen LogP contribution >= 0.6 is 0 Å². The number of primary amides is 2. The van der Waals surface area contributed by atoms with Crippen molar-refractivity contribution in [1.82, 2.24) is 25.9 Å². The Morgan fingerprint density at radius 1 is 0.944 bits per heavy atom. The average molecular weight is 511 g/mol. The second-order valence-electron chi connectivity index (χ2n) is 8.71. The summed E-state index contributed by atoms with van der Waals surface area (Å²) in [5.41, 5.74) is 16.4. The Bertz CT molecular complexity index is 935. The third-order valence-corrected chi connectivity index (χ3v) is 5.01. The molecule has 0 spiro atoms. The zero-order valence-corrected chi connectivity index (χ0v) is 20.2. The van der Waals surface area contributed by atoms with Crippen molar-refractivity contribution in [1.29, 1.82) is 0 Å². The molecule has 5 amide bonds. The number of carboxylic acid groups (broad SMARTS) is 1. The number of amides is 5. The van der Waals surface area contributed by atoms with E-state index in [9.17, 15) is 33.9 Å². The van der Waals surface area contributed by atoms with E-state index in [0.29, 0.717) is 5.69 Å². The minimum Gasteiger partial charge on any atom is -0.480 e. The van der Waals surface area contributed by atoms with Gasteiger partial charge in [-0.25, -0.2) is 9.78 Å². The van der Waals surface area contributed by atoms with E-state index >= 15 is 0 Å². The Hall–Kier alpha value is -4.01. The molecule has 200 valence electrons. The second kappa shape index (κ2) is 14.4. The minimum absolute atomic E-state index is 0.0322. The number of aromatic amines is 1. The first-order valence-electron chi connectivity index (χ1n) is 11.2. The van der Waals surface area contributed by atoms with Crippen LogP contribution in [-0.2, 0) is 35.2 Å². The van der Waals surface area contributed by atoms with Gasteiger partial charge in [0.2, 0.25) is 29.5 Å². The van der Waals surface area contributed by atoms with Gasteiger partial charge in [0.15, 0.2) is 0 Å². The molecule has 15 heteroatoms. The number of aromatic nitrogens is 2. The fraction of sp³-hybridized carbons (Fsp3) is 0.571. The Kier molecular flexibility index (Phi) is 12.0. The molecule has 36 heavy (non-hydrogen) atoms. The van der Waals surface area contributed by atoms with Crippen LogP contribution in [0, 0.1) is 5.92 Å². The lowest BCUT2D eigenvalue weighted by Gasteiger charge is -2.25. The molecule has 1 heterocycles. The first kappa shape index (κ1) is 30.0. The summed E-state index contributed by atoms with van der Waals surface area (Å²) in [6.07, 6.45) is 2.13. The second-order valence-corrected chi connectivity index (χ2v) is 8.71. The number of nitrogens with two attached hydrogens (primary N) is 3. The summed E-state index contributed by atoms with van der Waals surface area (Å²) in [7, 11) is 0. The molecule has 11 N–H and O–H groups in total. The molecule has 1 rings (SSSR count). The van der Waals surface area contributed by atoms with Crippen LogP contribution in [0.15, 0.2) is 12.5 Å². The quantitative estimate of drug-likeness (QED) is 0.112. The maximum absolute atomic E-state index is 13.1. The lowest BCUT2D eigenvalue weighted by atomic mass is 10.0. The van der Waals surface area contributed by atoms with Gasteiger partial charge in [0, 0.05) is 24.7 Å². The predicted molar refractivity (Wildman–Crippen MR) is 125 cm³/mol. The van der Waals surface area contributed by atoms with Crippen molar-refractivity contribution in [3.05, 3.63) is 18.2 Å². The van der Waals surface area contributed by atoms with Crippen LogP contribution < -0.4 is 33.2 Å². The largest absolute Gasteiger partial charge is 0.480 e. The summed E-state index contributed by atoms with van der Waals surface area (Å²) in [6.45, 7) is 3.57. The first-order chi connectivity index (χ1) is 16.8. The smallest absolute Gasteiger partial charge is 0.326 e. The summed E-state index contributed by atoms with van der Waals surface area (Å²) in [5.74, 6) is -5.42. The highest BCUT2D eigenvalue weighted by atomic mass is 16.4. The molecular weight excluding hydrogens is 476 g/mol. The number of carboxylic acids is 1. The molecule has 0 fully saturated rings. The van der Waals surface area contributed by atoms with E-state index in [1.54, 1.807) is 13.8 Å². The Morgan fingerprint density at radius 3 is 2.03 bits per heavy atom. The molecule has 0 aliphatic rings. The maximum Gasteiger partial charge on any atom is 0.326 e. The average Bonchev–Trinajstić information content (AvgIpc) is 3.28. The number of rotatable bonds is 16. The van der Waals surface area contributed by atoms with E-state index in [1.807, 2.05) is 0 Å². The van der Waals surface area contributed by atoms with Crippen molar-refractivity contribution < 1.29 is 33.9 Å². The molecule has 4 atom stereocenters. The SMILES string of the molecule is CC(C)CC(NC(=O)C(Cc1cnc[nH]1)NC(=O)C(N)CCC(N)=O)C(=O)NC(CC(N)=O)C(=O)O. The van der Waals surface area contributed by atoms with Crippen LogP contribution in [-0.4, -0.2) is 74.7 Å². The number of H-pyrrole nitrogens is 1. The number of aliphatic carboxylic acids is 1. The third-order valence-electron chi connectivity index (χ3n) is 5.01. The van der Waals surface area contributed by atoms with Gasteiger partial charge in [-0.2, -0.15) is 0 Å². The van der Waals surface area contributed by atoms with E-state index in [-0.39, 0.29) is 31.6 Å². The van der Waals surface area contributed by atoms with E-state index in [0.717, 1.165) is 0 Å². The molecule has 15 nitrogen and oxygen atoms in total. The molecule has 0 saturated carbocycles. The molecule has 4 unspecified atom stereocenters. The van der Waals surface area contributed by atoms with Gasteiger partial charge in [0.1, 0.15) is 18.1 Å². The molecule has 1 aromatic rings. The molecule has 0 radical (unpaired) electrons. The van der Waals surface area contributed by atoms with Gasteiger partial charge >= 0.3 is 5.97 Å². The molecule has 0 aromatic carbocycles. The highest BCUT2D eigenvalue weighted by Crippen LogP contribution is 2.08. The number of carbonyl (C=O) groups is 6. The van der Waals surface area contributed by atoms with Crippen LogP contribution in [0.3, 0.4) is 0 Å². The van der Waals surface area contributed by atoms with Crippen LogP contribution in [0.5, 0.6) is 0 Å². The number of carbonyl (C=O) groups excluding carboxylic acids is 5. The van der Waals surface area contributed by atoms with Gasteiger partial charge in [0.25, 0.3) is 0 Å².